The molecule has 0 aromatic carbocycles. The summed E-state index contributed by atoms with van der Waals surface area (Å²) < 4.78 is 0. The summed E-state index contributed by atoms with van der Waals surface area (Å²) in [5, 5.41) is 0. The summed E-state index contributed by atoms with van der Waals surface area (Å²) in [6.45, 7) is 10.2. The highest BCUT2D eigenvalue weighted by Gasteiger charge is 2.06. The predicted octanol–water partition coefficient (Wildman–Crippen LogP) is 3.66. The molecule has 0 saturated carbocycles. The lowest BCUT2D eigenvalue weighted by Gasteiger charge is -1.95. The van der Waals surface area contributed by atoms with Crippen molar-refractivity contribution in [3.05, 3.63) is 23.7 Å². The summed E-state index contributed by atoms with van der Waals surface area (Å²) in [7, 11) is 0. The van der Waals surface area contributed by atoms with Gasteiger partial charge in [-0.15, -0.1) is 0 Å². The van der Waals surface area contributed by atoms with Gasteiger partial charge < -0.3 is 4.98 Å². The Hall–Kier alpha value is -1.38. The highest BCUT2D eigenvalue weighted by molar-refractivity contribution is 5.70. The molecule has 2 aromatic rings. The largest absolute Gasteiger partial charge is 0.340 e. The molecular formula is C12H21N3. The molecule has 0 saturated heterocycles. The van der Waals surface area contributed by atoms with E-state index >= 15 is 0 Å². The number of aromatic nitrogens is 3. The second kappa shape index (κ2) is 4.91. The third-order valence-corrected chi connectivity index (χ3v) is 2.05. The Kier molecular flexibility index (Phi) is 3.83. The van der Waals surface area contributed by atoms with E-state index in [0.29, 0.717) is 5.92 Å². The Morgan fingerprint density at radius 3 is 2.47 bits per heavy atom. The first-order valence-electron chi connectivity index (χ1n) is 5.50. The van der Waals surface area contributed by atoms with Crippen molar-refractivity contribution < 1.29 is 1.43 Å². The molecular weight excluding hydrogens is 186 g/mol. The second-order valence-corrected chi connectivity index (χ2v) is 3.60. The van der Waals surface area contributed by atoms with E-state index in [1.54, 1.807) is 0 Å². The SMILES string of the molecule is CC.Cc1ccc2[nH]c(C(C)C)nc2n1.[HH]. The lowest BCUT2D eigenvalue weighted by atomic mass is 10.2. The van der Waals surface area contributed by atoms with Crippen LogP contribution in [0.3, 0.4) is 0 Å². The van der Waals surface area contributed by atoms with Crippen LogP contribution in [0.4, 0.5) is 0 Å². The Morgan fingerprint density at radius 1 is 1.20 bits per heavy atom. The summed E-state index contributed by atoms with van der Waals surface area (Å²) in [4.78, 5) is 12.0. The first-order valence-corrected chi connectivity index (χ1v) is 5.50. The fraction of sp³-hybridized carbons (Fsp3) is 0.500. The maximum absolute atomic E-state index is 4.41. The predicted molar refractivity (Wildman–Crippen MR) is 66.2 cm³/mol. The van der Waals surface area contributed by atoms with Crippen molar-refractivity contribution in [2.75, 3.05) is 0 Å². The van der Waals surface area contributed by atoms with E-state index in [2.05, 4.69) is 28.8 Å². The molecule has 3 heteroatoms. The molecule has 0 atom stereocenters. The van der Waals surface area contributed by atoms with Crippen LogP contribution >= 0.6 is 0 Å². The van der Waals surface area contributed by atoms with E-state index in [-0.39, 0.29) is 1.43 Å². The Bertz CT molecular complexity index is 435. The third kappa shape index (κ3) is 2.55. The molecule has 3 nitrogen and oxygen atoms in total. The fourth-order valence-corrected chi connectivity index (χ4v) is 1.28. The van der Waals surface area contributed by atoms with E-state index in [1.807, 2.05) is 32.9 Å². The van der Waals surface area contributed by atoms with Crippen molar-refractivity contribution >= 4 is 11.2 Å². The molecule has 1 N–H and O–H groups in total. The molecule has 0 aliphatic heterocycles. The van der Waals surface area contributed by atoms with E-state index in [1.165, 1.54) is 0 Å². The number of hydrogen-bond donors (Lipinski definition) is 1. The van der Waals surface area contributed by atoms with Crippen LogP contribution in [0, 0.1) is 6.92 Å². The average molecular weight is 207 g/mol. The number of aryl methyl sites for hydroxylation is 1. The smallest absolute Gasteiger partial charge is 0.177 e. The third-order valence-electron chi connectivity index (χ3n) is 2.05. The zero-order chi connectivity index (χ0) is 11.4. The Morgan fingerprint density at radius 2 is 1.87 bits per heavy atom. The van der Waals surface area contributed by atoms with Crippen molar-refractivity contribution in [3.63, 3.8) is 0 Å². The van der Waals surface area contributed by atoms with Gasteiger partial charge in [-0.05, 0) is 19.1 Å². The average Bonchev–Trinajstić information content (AvgIpc) is 2.63. The van der Waals surface area contributed by atoms with Crippen LogP contribution in [0.25, 0.3) is 11.2 Å². The minimum atomic E-state index is 0. The van der Waals surface area contributed by atoms with Crippen LogP contribution in [-0.4, -0.2) is 15.0 Å². The second-order valence-electron chi connectivity index (χ2n) is 3.60. The van der Waals surface area contributed by atoms with E-state index in [9.17, 15) is 0 Å². The number of nitrogens with one attached hydrogen (secondary N) is 1. The van der Waals surface area contributed by atoms with Gasteiger partial charge in [-0.25, -0.2) is 9.97 Å². The van der Waals surface area contributed by atoms with Crippen molar-refractivity contribution in [2.24, 2.45) is 0 Å². The Balaban J connectivity index is 0.000000711. The molecule has 84 valence electrons. The van der Waals surface area contributed by atoms with Crippen LogP contribution in [0.5, 0.6) is 0 Å². The fourth-order valence-electron chi connectivity index (χ4n) is 1.28. The lowest BCUT2D eigenvalue weighted by molar-refractivity contribution is 0.798. The number of aromatic amines is 1. The van der Waals surface area contributed by atoms with E-state index in [0.717, 1.165) is 22.7 Å². The van der Waals surface area contributed by atoms with Gasteiger partial charge in [0.05, 0.1) is 5.52 Å². The van der Waals surface area contributed by atoms with Crippen LogP contribution < -0.4 is 0 Å². The van der Waals surface area contributed by atoms with Gasteiger partial charge >= 0.3 is 0 Å². The maximum Gasteiger partial charge on any atom is 0.177 e. The lowest BCUT2D eigenvalue weighted by Crippen LogP contribution is -1.88. The van der Waals surface area contributed by atoms with E-state index < -0.39 is 0 Å². The molecule has 15 heavy (non-hydrogen) atoms. The number of H-pyrrole nitrogens is 1. The quantitative estimate of drug-likeness (QED) is 0.775. The zero-order valence-electron chi connectivity index (χ0n) is 10.1. The topological polar surface area (TPSA) is 41.6 Å². The molecule has 0 amide bonds. The number of imidazole rings is 1. The molecule has 0 aliphatic carbocycles. The molecule has 0 unspecified atom stereocenters. The highest BCUT2D eigenvalue weighted by atomic mass is 15.0. The molecule has 2 rings (SSSR count). The Labute approximate surface area is 92.4 Å². The molecule has 0 aliphatic rings. The summed E-state index contributed by atoms with van der Waals surface area (Å²) >= 11 is 0. The zero-order valence-corrected chi connectivity index (χ0v) is 10.1. The molecule has 2 aromatic heterocycles. The van der Waals surface area contributed by atoms with Crippen molar-refractivity contribution in [1.82, 2.24) is 15.0 Å². The molecule has 2 heterocycles. The van der Waals surface area contributed by atoms with Gasteiger partial charge in [-0.2, -0.15) is 0 Å². The van der Waals surface area contributed by atoms with Crippen molar-refractivity contribution in [2.45, 2.75) is 40.5 Å². The number of pyridine rings is 1. The minimum absolute atomic E-state index is 0. The van der Waals surface area contributed by atoms with Gasteiger partial charge in [-0.1, -0.05) is 27.7 Å². The van der Waals surface area contributed by atoms with Crippen molar-refractivity contribution in [3.8, 4) is 0 Å². The van der Waals surface area contributed by atoms with Gasteiger partial charge in [-0.3, -0.25) is 0 Å². The van der Waals surface area contributed by atoms with Crippen LogP contribution in [0.1, 0.15) is 46.6 Å². The van der Waals surface area contributed by atoms with Crippen LogP contribution in [-0.2, 0) is 0 Å². The summed E-state index contributed by atoms with van der Waals surface area (Å²) in [5.74, 6) is 1.43. The number of hydrogen-bond acceptors (Lipinski definition) is 2. The van der Waals surface area contributed by atoms with Gasteiger partial charge in [0, 0.05) is 13.0 Å². The number of rotatable bonds is 1. The van der Waals surface area contributed by atoms with E-state index in [4.69, 9.17) is 0 Å². The normalized spacial score (nSPS) is 10.3. The molecule has 0 spiro atoms. The van der Waals surface area contributed by atoms with Gasteiger partial charge in [0.15, 0.2) is 5.65 Å². The number of nitrogens with zero attached hydrogens (tertiary/aromatic N) is 2. The monoisotopic (exact) mass is 207 g/mol. The van der Waals surface area contributed by atoms with Gasteiger partial charge in [0.1, 0.15) is 5.82 Å². The standard InChI is InChI=1S/C10H13N3.C2H6.H2/c1-6(2)9-12-8-5-4-7(3)11-10(8)13-9;1-2;/h4-6H,1-3H3,(H,11,12,13);1-2H3;1H. The minimum Gasteiger partial charge on any atom is -0.340 e. The first-order chi connectivity index (χ1) is 7.16. The number of fused-ring (bicyclic) bond motifs is 1. The summed E-state index contributed by atoms with van der Waals surface area (Å²) in [6, 6.07) is 4.02. The summed E-state index contributed by atoms with van der Waals surface area (Å²) in [5.41, 5.74) is 2.85. The maximum atomic E-state index is 4.41. The summed E-state index contributed by atoms with van der Waals surface area (Å²) in [6.07, 6.45) is 0. The first kappa shape index (κ1) is 11.7. The molecule has 0 fully saturated rings. The molecule has 0 radical (unpaired) electrons. The van der Waals surface area contributed by atoms with Crippen LogP contribution in [0.15, 0.2) is 12.1 Å². The highest BCUT2D eigenvalue weighted by Crippen LogP contribution is 2.15. The molecule has 0 bridgehead atoms. The van der Waals surface area contributed by atoms with Gasteiger partial charge in [0.25, 0.3) is 0 Å². The van der Waals surface area contributed by atoms with Gasteiger partial charge in [0.2, 0.25) is 0 Å². The van der Waals surface area contributed by atoms with Crippen molar-refractivity contribution in [1.29, 1.82) is 0 Å². The van der Waals surface area contributed by atoms with Crippen LogP contribution in [0.2, 0.25) is 0 Å².